The third-order valence-corrected chi connectivity index (χ3v) is 7.48. The van der Waals surface area contributed by atoms with Crippen molar-refractivity contribution in [3.05, 3.63) is 11.6 Å². The third kappa shape index (κ3) is 7.67. The molecule has 0 fully saturated rings. The number of carbonyl (C=O) groups excluding carboxylic acids is 2. The van der Waals surface area contributed by atoms with Crippen LogP contribution in [-0.4, -0.2) is 81.9 Å². The minimum Gasteiger partial charge on any atom is -0.478 e. The molecule has 0 atom stereocenters. The standard InChI is InChI=1S/C25H36N6O4S2/c1-5-9-30(10-6-2)14-18(32)26-24-28-21-16(36-24)13-17-22(20(21)23(34)35)29-25(37-17)27-19(33)15-31(11-7-3)12-8-4/h13H,5-12,14-15H2,1-4H3,(H,34,35)(H,26,28,32)(H,27,29,33). The summed E-state index contributed by atoms with van der Waals surface area (Å²) in [5, 5.41) is 16.3. The molecule has 0 unspecified atom stereocenters. The molecule has 37 heavy (non-hydrogen) atoms. The van der Waals surface area contributed by atoms with Crippen LogP contribution in [-0.2, 0) is 9.59 Å². The van der Waals surface area contributed by atoms with Crippen molar-refractivity contribution < 1.29 is 19.5 Å². The molecule has 202 valence electrons. The van der Waals surface area contributed by atoms with Gasteiger partial charge >= 0.3 is 5.97 Å². The van der Waals surface area contributed by atoms with Crippen molar-refractivity contribution in [2.45, 2.75) is 53.4 Å². The number of anilines is 2. The van der Waals surface area contributed by atoms with Crippen molar-refractivity contribution in [1.82, 2.24) is 19.8 Å². The van der Waals surface area contributed by atoms with Gasteiger partial charge in [0.25, 0.3) is 0 Å². The van der Waals surface area contributed by atoms with Crippen molar-refractivity contribution in [1.29, 1.82) is 0 Å². The van der Waals surface area contributed by atoms with Crippen LogP contribution in [0.3, 0.4) is 0 Å². The van der Waals surface area contributed by atoms with Crippen molar-refractivity contribution in [3.63, 3.8) is 0 Å². The zero-order valence-electron chi connectivity index (χ0n) is 21.9. The Bertz CT molecular complexity index is 1140. The Morgan fingerprint density at radius 3 is 1.46 bits per heavy atom. The summed E-state index contributed by atoms with van der Waals surface area (Å²) >= 11 is 2.46. The number of rotatable bonds is 15. The van der Waals surface area contributed by atoms with E-state index in [0.717, 1.165) is 51.9 Å². The number of aromatic carboxylic acids is 1. The molecular formula is C25H36N6O4S2. The first-order chi connectivity index (χ1) is 17.8. The average molecular weight is 549 g/mol. The highest BCUT2D eigenvalue weighted by Gasteiger charge is 2.23. The van der Waals surface area contributed by atoms with Gasteiger partial charge in [-0.05, 0) is 57.9 Å². The molecule has 0 aliphatic carbocycles. The van der Waals surface area contributed by atoms with Gasteiger partial charge < -0.3 is 15.7 Å². The number of carbonyl (C=O) groups is 3. The Kier molecular flexibility index (Phi) is 10.7. The highest BCUT2D eigenvalue weighted by Crippen LogP contribution is 2.37. The number of thiazole rings is 2. The minimum absolute atomic E-state index is 0.0295. The van der Waals surface area contributed by atoms with Crippen LogP contribution in [0.25, 0.3) is 20.4 Å². The number of carboxylic acids is 1. The van der Waals surface area contributed by atoms with Gasteiger partial charge in [-0.3, -0.25) is 19.4 Å². The van der Waals surface area contributed by atoms with Crippen molar-refractivity contribution in [2.24, 2.45) is 0 Å². The predicted molar refractivity (Wildman–Crippen MR) is 151 cm³/mol. The molecule has 0 radical (unpaired) electrons. The normalized spacial score (nSPS) is 11.6. The van der Waals surface area contributed by atoms with E-state index in [2.05, 4.69) is 58.1 Å². The number of nitrogens with zero attached hydrogens (tertiary/aromatic N) is 4. The second-order valence-electron chi connectivity index (χ2n) is 8.94. The summed E-state index contributed by atoms with van der Waals surface area (Å²) in [5.41, 5.74) is 0.525. The lowest BCUT2D eigenvalue weighted by Gasteiger charge is -2.19. The van der Waals surface area contributed by atoms with Gasteiger partial charge in [0.05, 0.1) is 22.5 Å². The molecule has 0 spiro atoms. The number of nitrogens with one attached hydrogen (secondary N) is 2. The maximum Gasteiger partial charge on any atom is 0.340 e. The van der Waals surface area contributed by atoms with Crippen molar-refractivity contribution in [2.75, 3.05) is 49.9 Å². The number of amides is 2. The summed E-state index contributed by atoms with van der Waals surface area (Å²) in [7, 11) is 0. The van der Waals surface area contributed by atoms with Gasteiger partial charge in [-0.1, -0.05) is 50.4 Å². The first-order valence-electron chi connectivity index (χ1n) is 12.8. The number of benzene rings is 1. The van der Waals surface area contributed by atoms with E-state index >= 15 is 0 Å². The van der Waals surface area contributed by atoms with Gasteiger partial charge in [0.2, 0.25) is 11.8 Å². The minimum atomic E-state index is -1.16. The summed E-state index contributed by atoms with van der Waals surface area (Å²) in [6.45, 7) is 12.2. The summed E-state index contributed by atoms with van der Waals surface area (Å²) in [5.74, 6) is -1.51. The van der Waals surface area contributed by atoms with Gasteiger partial charge in [-0.25, -0.2) is 14.8 Å². The number of hydrogen-bond acceptors (Lipinski definition) is 9. The van der Waals surface area contributed by atoms with Crippen LogP contribution in [0.5, 0.6) is 0 Å². The molecule has 12 heteroatoms. The van der Waals surface area contributed by atoms with Crippen LogP contribution in [0.2, 0.25) is 0 Å². The fourth-order valence-corrected chi connectivity index (χ4v) is 6.22. The number of hydrogen-bond donors (Lipinski definition) is 3. The van der Waals surface area contributed by atoms with E-state index in [0.29, 0.717) is 19.7 Å². The maximum absolute atomic E-state index is 12.6. The molecule has 3 N–H and O–H groups in total. The van der Waals surface area contributed by atoms with E-state index < -0.39 is 5.97 Å². The summed E-state index contributed by atoms with van der Waals surface area (Å²) in [6.07, 6.45) is 3.83. The molecule has 3 rings (SSSR count). The third-order valence-electron chi connectivity index (χ3n) is 5.64. The quantitative estimate of drug-likeness (QED) is 0.249. The Morgan fingerprint density at radius 2 is 1.14 bits per heavy atom. The lowest BCUT2D eigenvalue weighted by atomic mass is 10.1. The molecule has 3 aromatic rings. The predicted octanol–water partition coefficient (Wildman–Crippen LogP) is 4.73. The smallest absolute Gasteiger partial charge is 0.340 e. The van der Waals surface area contributed by atoms with Gasteiger partial charge in [0.15, 0.2) is 10.3 Å². The first-order valence-corrected chi connectivity index (χ1v) is 14.4. The molecule has 1 aromatic carbocycles. The molecule has 0 saturated heterocycles. The summed E-state index contributed by atoms with van der Waals surface area (Å²) in [6, 6.07) is 1.82. The lowest BCUT2D eigenvalue weighted by molar-refractivity contribution is -0.118. The monoisotopic (exact) mass is 548 g/mol. The van der Waals surface area contributed by atoms with Gasteiger partial charge in [-0.15, -0.1) is 0 Å². The fourth-order valence-electron chi connectivity index (χ4n) is 4.29. The van der Waals surface area contributed by atoms with Crippen LogP contribution in [0.15, 0.2) is 6.07 Å². The van der Waals surface area contributed by atoms with Crippen LogP contribution in [0.4, 0.5) is 10.3 Å². The maximum atomic E-state index is 12.6. The number of fused-ring (bicyclic) bond motifs is 2. The molecule has 2 heterocycles. The molecule has 10 nitrogen and oxygen atoms in total. The topological polar surface area (TPSA) is 128 Å². The average Bonchev–Trinajstić information content (AvgIpc) is 3.39. The van der Waals surface area contributed by atoms with E-state index in [1.54, 1.807) is 0 Å². The lowest BCUT2D eigenvalue weighted by Crippen LogP contribution is -2.34. The zero-order chi connectivity index (χ0) is 26.9. The largest absolute Gasteiger partial charge is 0.478 e. The van der Waals surface area contributed by atoms with E-state index in [1.165, 1.54) is 22.7 Å². The zero-order valence-corrected chi connectivity index (χ0v) is 23.6. The van der Waals surface area contributed by atoms with E-state index in [9.17, 15) is 19.5 Å². The van der Waals surface area contributed by atoms with E-state index in [-0.39, 0.29) is 41.5 Å². The molecule has 0 aliphatic rings. The van der Waals surface area contributed by atoms with Gasteiger partial charge in [0.1, 0.15) is 16.6 Å². The van der Waals surface area contributed by atoms with Gasteiger partial charge in [0, 0.05) is 0 Å². The second kappa shape index (κ2) is 13.8. The fraction of sp³-hybridized carbons (Fsp3) is 0.560. The van der Waals surface area contributed by atoms with E-state index in [1.807, 2.05) is 6.07 Å². The van der Waals surface area contributed by atoms with Crippen LogP contribution >= 0.6 is 22.7 Å². The summed E-state index contributed by atoms with van der Waals surface area (Å²) in [4.78, 5) is 50.5. The molecule has 2 aromatic heterocycles. The van der Waals surface area contributed by atoms with Crippen molar-refractivity contribution >= 4 is 71.2 Å². The SMILES string of the molecule is CCCN(CCC)CC(=O)Nc1nc2c(C(=O)O)c3nc(NC(=O)CN(CCC)CCC)sc3cc2s1. The second-order valence-corrected chi connectivity index (χ2v) is 11.0. The number of carboxylic acid groups (broad SMARTS) is 1. The molecule has 0 bridgehead atoms. The Balaban J connectivity index is 1.82. The van der Waals surface area contributed by atoms with E-state index in [4.69, 9.17) is 0 Å². The molecule has 2 amide bonds. The number of aromatic nitrogens is 2. The highest BCUT2D eigenvalue weighted by molar-refractivity contribution is 7.24. The molecule has 0 saturated carbocycles. The van der Waals surface area contributed by atoms with Crippen molar-refractivity contribution in [3.8, 4) is 0 Å². The highest BCUT2D eigenvalue weighted by atomic mass is 32.1. The summed E-state index contributed by atoms with van der Waals surface area (Å²) < 4.78 is 1.27. The Labute approximate surface area is 225 Å². The van der Waals surface area contributed by atoms with Crippen LogP contribution in [0, 0.1) is 0 Å². The molecule has 0 aliphatic heterocycles. The molecular weight excluding hydrogens is 512 g/mol. The first kappa shape index (κ1) is 28.9. The Morgan fingerprint density at radius 1 is 0.757 bits per heavy atom. The van der Waals surface area contributed by atoms with Gasteiger partial charge in [-0.2, -0.15) is 0 Å². The Hall–Kier alpha value is -2.67. The van der Waals surface area contributed by atoms with Crippen LogP contribution in [0.1, 0.15) is 63.7 Å². The van der Waals surface area contributed by atoms with Crippen LogP contribution < -0.4 is 10.6 Å².